The minimum Gasteiger partial charge on any atom is -0.462 e. The van der Waals surface area contributed by atoms with Crippen molar-refractivity contribution in [3.05, 3.63) is 34.7 Å². The lowest BCUT2D eigenvalue weighted by molar-refractivity contribution is 0.0526. The molecule has 15 heavy (non-hydrogen) atoms. The first kappa shape index (κ1) is 10.2. The summed E-state index contributed by atoms with van der Waals surface area (Å²) in [6, 6.07) is 5.80. The summed E-state index contributed by atoms with van der Waals surface area (Å²) < 4.78 is 6.21. The molecule has 0 saturated carbocycles. The lowest BCUT2D eigenvalue weighted by atomic mass is 10.1. The van der Waals surface area contributed by atoms with Crippen LogP contribution in [0, 0.1) is 6.92 Å². The fraction of sp³-hybridized carbons (Fsp3) is 0.250. The molecule has 78 valence electrons. The zero-order valence-electron chi connectivity index (χ0n) is 8.74. The molecule has 0 spiro atoms. The van der Waals surface area contributed by atoms with E-state index in [2.05, 4.69) is 0 Å². The van der Waals surface area contributed by atoms with Crippen molar-refractivity contribution in [1.29, 1.82) is 0 Å². The van der Waals surface area contributed by atoms with Crippen molar-refractivity contribution in [2.24, 2.45) is 0 Å². The van der Waals surface area contributed by atoms with Crippen LogP contribution in [0.2, 0.25) is 0 Å². The van der Waals surface area contributed by atoms with E-state index in [9.17, 15) is 4.79 Å². The zero-order chi connectivity index (χ0) is 10.8. The second-order valence-electron chi connectivity index (χ2n) is 3.35. The summed E-state index contributed by atoms with van der Waals surface area (Å²) in [5.74, 6) is -0.242. The number of ether oxygens (including phenoxy) is 1. The van der Waals surface area contributed by atoms with Crippen molar-refractivity contribution in [3.8, 4) is 0 Å². The van der Waals surface area contributed by atoms with Gasteiger partial charge in [-0.15, -0.1) is 11.3 Å². The summed E-state index contributed by atoms with van der Waals surface area (Å²) in [5.41, 5.74) is 1.77. The van der Waals surface area contributed by atoms with Crippen LogP contribution in [0.3, 0.4) is 0 Å². The van der Waals surface area contributed by atoms with Crippen LogP contribution in [-0.4, -0.2) is 12.6 Å². The van der Waals surface area contributed by atoms with Gasteiger partial charge in [-0.3, -0.25) is 0 Å². The number of benzene rings is 1. The molecule has 1 aromatic heterocycles. The van der Waals surface area contributed by atoms with E-state index in [1.807, 2.05) is 37.4 Å². The maximum absolute atomic E-state index is 11.5. The molecule has 2 rings (SSSR count). The number of hydrogen-bond acceptors (Lipinski definition) is 3. The fourth-order valence-corrected chi connectivity index (χ4v) is 2.45. The summed E-state index contributed by atoms with van der Waals surface area (Å²) in [5, 5.41) is 3.15. The first-order valence-electron chi connectivity index (χ1n) is 4.87. The predicted octanol–water partition coefficient (Wildman–Crippen LogP) is 3.39. The van der Waals surface area contributed by atoms with Crippen molar-refractivity contribution < 1.29 is 9.53 Å². The highest BCUT2D eigenvalue weighted by Crippen LogP contribution is 2.26. The first-order valence-corrected chi connectivity index (χ1v) is 5.75. The molecule has 0 N–H and O–H groups in total. The molecule has 0 fully saturated rings. The van der Waals surface area contributed by atoms with Crippen molar-refractivity contribution in [3.63, 3.8) is 0 Å². The predicted molar refractivity (Wildman–Crippen MR) is 62.5 cm³/mol. The minimum atomic E-state index is -0.242. The molecule has 2 nitrogen and oxygen atoms in total. The van der Waals surface area contributed by atoms with Gasteiger partial charge < -0.3 is 4.74 Å². The number of thiophene rings is 1. The second-order valence-corrected chi connectivity index (χ2v) is 4.27. The van der Waals surface area contributed by atoms with Crippen molar-refractivity contribution in [2.75, 3.05) is 6.61 Å². The minimum absolute atomic E-state index is 0.242. The molecule has 0 atom stereocenters. The molecule has 3 heteroatoms. The summed E-state index contributed by atoms with van der Waals surface area (Å²) >= 11 is 1.70. The number of carbonyl (C=O) groups is 1. The Morgan fingerprint density at radius 2 is 2.27 bits per heavy atom. The van der Waals surface area contributed by atoms with Crippen molar-refractivity contribution >= 4 is 27.4 Å². The Labute approximate surface area is 92.5 Å². The van der Waals surface area contributed by atoms with Gasteiger partial charge >= 0.3 is 5.97 Å². The highest BCUT2D eigenvalue weighted by Gasteiger charge is 2.09. The van der Waals surface area contributed by atoms with Crippen LogP contribution in [0.1, 0.15) is 22.8 Å². The van der Waals surface area contributed by atoms with Gasteiger partial charge in [0.15, 0.2) is 0 Å². The Hall–Kier alpha value is -1.35. The molecule has 0 bridgehead atoms. The maximum atomic E-state index is 11.5. The van der Waals surface area contributed by atoms with Crippen LogP contribution in [0.4, 0.5) is 0 Å². The molecular formula is C12H12O2S. The average molecular weight is 220 g/mol. The molecule has 1 aromatic carbocycles. The molecule has 0 saturated heterocycles. The van der Waals surface area contributed by atoms with Crippen LogP contribution in [0.5, 0.6) is 0 Å². The Kier molecular flexibility index (Phi) is 2.73. The summed E-state index contributed by atoms with van der Waals surface area (Å²) in [4.78, 5) is 11.5. The number of rotatable bonds is 2. The largest absolute Gasteiger partial charge is 0.462 e. The molecule has 0 aliphatic carbocycles. The van der Waals surface area contributed by atoms with Crippen molar-refractivity contribution in [1.82, 2.24) is 0 Å². The van der Waals surface area contributed by atoms with Gasteiger partial charge in [0.2, 0.25) is 0 Å². The highest BCUT2D eigenvalue weighted by atomic mass is 32.1. The first-order chi connectivity index (χ1) is 7.22. The zero-order valence-corrected chi connectivity index (χ0v) is 9.56. The Bertz CT molecular complexity index is 499. The van der Waals surface area contributed by atoms with Crippen LogP contribution in [-0.2, 0) is 4.74 Å². The van der Waals surface area contributed by atoms with E-state index in [-0.39, 0.29) is 5.97 Å². The monoisotopic (exact) mass is 220 g/mol. The molecule has 2 aromatic rings. The van der Waals surface area contributed by atoms with E-state index < -0.39 is 0 Å². The van der Waals surface area contributed by atoms with E-state index in [0.29, 0.717) is 12.2 Å². The van der Waals surface area contributed by atoms with E-state index in [4.69, 9.17) is 4.74 Å². The second kappa shape index (κ2) is 4.03. The Morgan fingerprint density at radius 1 is 1.47 bits per heavy atom. The number of fused-ring (bicyclic) bond motifs is 1. The Balaban J connectivity index is 2.49. The normalized spacial score (nSPS) is 10.5. The third-order valence-corrected chi connectivity index (χ3v) is 3.31. The van der Waals surface area contributed by atoms with Gasteiger partial charge in [0.1, 0.15) is 0 Å². The van der Waals surface area contributed by atoms with Gasteiger partial charge in [-0.25, -0.2) is 4.79 Å². The number of carbonyl (C=O) groups excluding carboxylic acids is 1. The fourth-order valence-electron chi connectivity index (χ4n) is 1.59. The summed E-state index contributed by atoms with van der Waals surface area (Å²) in [7, 11) is 0. The van der Waals surface area contributed by atoms with E-state index in [0.717, 1.165) is 10.9 Å². The van der Waals surface area contributed by atoms with Gasteiger partial charge in [0.05, 0.1) is 12.2 Å². The van der Waals surface area contributed by atoms with Gasteiger partial charge in [0.25, 0.3) is 0 Å². The highest BCUT2D eigenvalue weighted by molar-refractivity contribution is 7.17. The molecule has 0 aliphatic rings. The lowest BCUT2D eigenvalue weighted by Crippen LogP contribution is -2.04. The van der Waals surface area contributed by atoms with E-state index in [1.165, 1.54) is 4.70 Å². The third-order valence-electron chi connectivity index (χ3n) is 2.25. The van der Waals surface area contributed by atoms with Crippen LogP contribution in [0.25, 0.3) is 10.1 Å². The topological polar surface area (TPSA) is 26.3 Å². The Morgan fingerprint density at radius 3 is 3.00 bits per heavy atom. The molecular weight excluding hydrogens is 208 g/mol. The SMILES string of the molecule is CCOC(=O)c1cc(C)c2sccc2c1. The van der Waals surface area contributed by atoms with Crippen LogP contribution < -0.4 is 0 Å². The summed E-state index contributed by atoms with van der Waals surface area (Å²) in [6.07, 6.45) is 0. The van der Waals surface area contributed by atoms with Crippen LogP contribution >= 0.6 is 11.3 Å². The van der Waals surface area contributed by atoms with Gasteiger partial charge in [-0.05, 0) is 48.4 Å². The molecule has 0 unspecified atom stereocenters. The quantitative estimate of drug-likeness (QED) is 0.725. The van der Waals surface area contributed by atoms with Gasteiger partial charge in [-0.2, -0.15) is 0 Å². The smallest absolute Gasteiger partial charge is 0.338 e. The van der Waals surface area contributed by atoms with Crippen LogP contribution in [0.15, 0.2) is 23.6 Å². The third kappa shape index (κ3) is 1.88. The molecule has 0 amide bonds. The van der Waals surface area contributed by atoms with Gasteiger partial charge in [-0.1, -0.05) is 0 Å². The average Bonchev–Trinajstić information content (AvgIpc) is 2.66. The molecule has 1 heterocycles. The molecule has 0 radical (unpaired) electrons. The van der Waals surface area contributed by atoms with Gasteiger partial charge in [0, 0.05) is 4.70 Å². The summed E-state index contributed by atoms with van der Waals surface area (Å²) in [6.45, 7) is 4.25. The number of aryl methyl sites for hydroxylation is 1. The van der Waals surface area contributed by atoms with Crippen molar-refractivity contribution in [2.45, 2.75) is 13.8 Å². The lowest BCUT2D eigenvalue weighted by Gasteiger charge is -2.03. The number of hydrogen-bond donors (Lipinski definition) is 0. The van der Waals surface area contributed by atoms with E-state index >= 15 is 0 Å². The maximum Gasteiger partial charge on any atom is 0.338 e. The molecule has 0 aliphatic heterocycles. The standard InChI is InChI=1S/C12H12O2S/c1-3-14-12(13)10-6-8(2)11-9(7-10)4-5-15-11/h4-7H,3H2,1-2H3. The number of esters is 1. The van der Waals surface area contributed by atoms with E-state index in [1.54, 1.807) is 11.3 Å².